The van der Waals surface area contributed by atoms with Crippen LogP contribution in [0.25, 0.3) is 0 Å². The first kappa shape index (κ1) is 9.30. The van der Waals surface area contributed by atoms with Crippen LogP contribution in [0.1, 0.15) is 24.7 Å². The van der Waals surface area contributed by atoms with Gasteiger partial charge in [-0.25, -0.2) is 0 Å². The summed E-state index contributed by atoms with van der Waals surface area (Å²) in [5.74, 6) is 1.09. The SMILES string of the molecule is Cn1cnnc1C1CCCN1CC1CO1. The van der Waals surface area contributed by atoms with E-state index in [1.54, 1.807) is 6.33 Å². The normalized spacial score (nSPS) is 31.0. The predicted octanol–water partition coefficient (Wildman–Crippen LogP) is 0.351. The summed E-state index contributed by atoms with van der Waals surface area (Å²) in [4.78, 5) is 2.47. The van der Waals surface area contributed by atoms with Crippen LogP contribution >= 0.6 is 0 Å². The van der Waals surface area contributed by atoms with E-state index in [-0.39, 0.29) is 0 Å². The van der Waals surface area contributed by atoms with Crippen LogP contribution in [0.2, 0.25) is 0 Å². The highest BCUT2D eigenvalue weighted by atomic mass is 16.6. The Morgan fingerprint density at radius 1 is 1.60 bits per heavy atom. The minimum absolute atomic E-state index is 0.446. The maximum Gasteiger partial charge on any atom is 0.149 e. The molecule has 82 valence electrons. The fourth-order valence-electron chi connectivity index (χ4n) is 2.37. The molecular weight excluding hydrogens is 192 g/mol. The topological polar surface area (TPSA) is 46.5 Å². The maximum atomic E-state index is 5.28. The quantitative estimate of drug-likeness (QED) is 0.672. The van der Waals surface area contributed by atoms with Gasteiger partial charge in [-0.3, -0.25) is 4.90 Å². The molecule has 3 rings (SSSR count). The molecule has 0 spiro atoms. The molecule has 15 heavy (non-hydrogen) atoms. The van der Waals surface area contributed by atoms with Gasteiger partial charge >= 0.3 is 0 Å². The minimum Gasteiger partial charge on any atom is -0.372 e. The lowest BCUT2D eigenvalue weighted by molar-refractivity contribution is 0.218. The van der Waals surface area contributed by atoms with Crippen molar-refractivity contribution in [2.24, 2.45) is 7.05 Å². The number of epoxide rings is 1. The molecule has 2 aliphatic rings. The molecule has 2 saturated heterocycles. The monoisotopic (exact) mass is 208 g/mol. The van der Waals surface area contributed by atoms with Crippen molar-refractivity contribution in [2.45, 2.75) is 25.0 Å². The molecule has 0 aliphatic carbocycles. The second-order valence-electron chi connectivity index (χ2n) is 4.41. The van der Waals surface area contributed by atoms with Gasteiger partial charge < -0.3 is 9.30 Å². The second kappa shape index (κ2) is 3.57. The van der Waals surface area contributed by atoms with Gasteiger partial charge in [0.15, 0.2) is 0 Å². The molecule has 5 heteroatoms. The van der Waals surface area contributed by atoms with Crippen molar-refractivity contribution in [1.82, 2.24) is 19.7 Å². The standard InChI is InChI=1S/C10H16N4O/c1-13-7-11-12-10(13)9-3-2-4-14(9)5-8-6-15-8/h7-9H,2-6H2,1H3. The fourth-order valence-corrected chi connectivity index (χ4v) is 2.37. The molecule has 0 N–H and O–H groups in total. The molecule has 1 aromatic heterocycles. The van der Waals surface area contributed by atoms with Crippen LogP contribution in [0.3, 0.4) is 0 Å². The highest BCUT2D eigenvalue weighted by molar-refractivity contribution is 4.99. The van der Waals surface area contributed by atoms with Gasteiger partial charge in [0.25, 0.3) is 0 Å². The number of ether oxygens (including phenoxy) is 1. The van der Waals surface area contributed by atoms with Gasteiger partial charge in [0.05, 0.1) is 18.8 Å². The van der Waals surface area contributed by atoms with Crippen LogP contribution < -0.4 is 0 Å². The number of nitrogens with zero attached hydrogens (tertiary/aromatic N) is 4. The molecule has 0 radical (unpaired) electrons. The fraction of sp³-hybridized carbons (Fsp3) is 0.800. The summed E-state index contributed by atoms with van der Waals surface area (Å²) >= 11 is 0. The van der Waals surface area contributed by atoms with Gasteiger partial charge in [-0.2, -0.15) is 0 Å². The third kappa shape index (κ3) is 1.77. The highest BCUT2D eigenvalue weighted by Crippen LogP contribution is 2.31. The number of hydrogen-bond acceptors (Lipinski definition) is 4. The van der Waals surface area contributed by atoms with Crippen molar-refractivity contribution < 1.29 is 4.74 Å². The molecular formula is C10H16N4O. The predicted molar refractivity (Wildman–Crippen MR) is 54.3 cm³/mol. The van der Waals surface area contributed by atoms with Gasteiger partial charge in [0.2, 0.25) is 0 Å². The summed E-state index contributed by atoms with van der Waals surface area (Å²) < 4.78 is 7.31. The van der Waals surface area contributed by atoms with Crippen molar-refractivity contribution in [3.8, 4) is 0 Å². The smallest absolute Gasteiger partial charge is 0.149 e. The zero-order valence-electron chi connectivity index (χ0n) is 8.96. The highest BCUT2D eigenvalue weighted by Gasteiger charge is 2.34. The molecule has 2 aliphatic heterocycles. The van der Waals surface area contributed by atoms with E-state index in [9.17, 15) is 0 Å². The molecule has 0 saturated carbocycles. The Hall–Kier alpha value is -0.940. The number of aryl methyl sites for hydroxylation is 1. The molecule has 2 atom stereocenters. The van der Waals surface area contributed by atoms with Gasteiger partial charge in [0, 0.05) is 13.6 Å². The van der Waals surface area contributed by atoms with E-state index in [0.29, 0.717) is 12.1 Å². The van der Waals surface area contributed by atoms with Gasteiger partial charge in [-0.15, -0.1) is 10.2 Å². The molecule has 0 aromatic carbocycles. The number of rotatable bonds is 3. The van der Waals surface area contributed by atoms with E-state index in [1.165, 1.54) is 12.8 Å². The molecule has 0 bridgehead atoms. The van der Waals surface area contributed by atoms with Gasteiger partial charge in [-0.1, -0.05) is 0 Å². The minimum atomic E-state index is 0.446. The third-order valence-corrected chi connectivity index (χ3v) is 3.25. The Bertz CT molecular complexity index is 347. The van der Waals surface area contributed by atoms with Crippen LogP contribution in [-0.2, 0) is 11.8 Å². The summed E-state index contributed by atoms with van der Waals surface area (Å²) in [6.07, 6.45) is 4.70. The van der Waals surface area contributed by atoms with E-state index in [2.05, 4.69) is 15.1 Å². The summed E-state index contributed by atoms with van der Waals surface area (Å²) in [5, 5.41) is 8.16. The molecule has 2 unspecified atom stereocenters. The Morgan fingerprint density at radius 3 is 3.13 bits per heavy atom. The van der Waals surface area contributed by atoms with Crippen molar-refractivity contribution in [3.05, 3.63) is 12.2 Å². The van der Waals surface area contributed by atoms with E-state index >= 15 is 0 Å². The van der Waals surface area contributed by atoms with E-state index in [4.69, 9.17) is 4.74 Å². The van der Waals surface area contributed by atoms with Crippen LogP contribution in [0, 0.1) is 0 Å². The number of aromatic nitrogens is 3. The van der Waals surface area contributed by atoms with Crippen molar-refractivity contribution in [1.29, 1.82) is 0 Å². The van der Waals surface area contributed by atoms with Crippen LogP contribution in [0.4, 0.5) is 0 Å². The number of likely N-dealkylation sites (tertiary alicyclic amines) is 1. The lowest BCUT2D eigenvalue weighted by Crippen LogP contribution is -2.29. The largest absolute Gasteiger partial charge is 0.372 e. The number of hydrogen-bond donors (Lipinski definition) is 0. The molecule has 3 heterocycles. The van der Waals surface area contributed by atoms with Gasteiger partial charge in [0.1, 0.15) is 12.2 Å². The third-order valence-electron chi connectivity index (χ3n) is 3.25. The summed E-state index contributed by atoms with van der Waals surface area (Å²) in [7, 11) is 2.01. The molecule has 5 nitrogen and oxygen atoms in total. The molecule has 2 fully saturated rings. The van der Waals surface area contributed by atoms with Gasteiger partial charge in [-0.05, 0) is 19.4 Å². The van der Waals surface area contributed by atoms with E-state index < -0.39 is 0 Å². The average Bonchev–Trinajstić information content (AvgIpc) is 2.74. The Morgan fingerprint density at radius 2 is 2.47 bits per heavy atom. The lowest BCUT2D eigenvalue weighted by Gasteiger charge is -2.22. The van der Waals surface area contributed by atoms with Crippen LogP contribution in [0.5, 0.6) is 0 Å². The first-order valence-electron chi connectivity index (χ1n) is 5.54. The Kier molecular flexibility index (Phi) is 2.21. The van der Waals surface area contributed by atoms with E-state index in [1.807, 2.05) is 11.6 Å². The van der Waals surface area contributed by atoms with Crippen molar-refractivity contribution in [3.63, 3.8) is 0 Å². The zero-order chi connectivity index (χ0) is 10.3. The maximum absolute atomic E-state index is 5.28. The molecule has 0 amide bonds. The molecule has 1 aromatic rings. The Balaban J connectivity index is 1.75. The van der Waals surface area contributed by atoms with E-state index in [0.717, 1.165) is 25.5 Å². The average molecular weight is 208 g/mol. The second-order valence-corrected chi connectivity index (χ2v) is 4.41. The van der Waals surface area contributed by atoms with Crippen molar-refractivity contribution >= 4 is 0 Å². The van der Waals surface area contributed by atoms with Crippen LogP contribution in [0.15, 0.2) is 6.33 Å². The Labute approximate surface area is 89.0 Å². The zero-order valence-corrected chi connectivity index (χ0v) is 8.96. The first-order valence-corrected chi connectivity index (χ1v) is 5.54. The van der Waals surface area contributed by atoms with Crippen LogP contribution in [-0.4, -0.2) is 45.5 Å². The lowest BCUT2D eigenvalue weighted by atomic mass is 10.2. The summed E-state index contributed by atoms with van der Waals surface area (Å²) in [5.41, 5.74) is 0. The summed E-state index contributed by atoms with van der Waals surface area (Å²) in [6, 6.07) is 0.446. The first-order chi connectivity index (χ1) is 7.34. The van der Waals surface area contributed by atoms with Crippen molar-refractivity contribution in [2.75, 3.05) is 19.7 Å². The summed E-state index contributed by atoms with van der Waals surface area (Å²) in [6.45, 7) is 3.15.